The first-order chi connectivity index (χ1) is 8.18. The minimum absolute atomic E-state index is 0.0240. The zero-order valence-corrected chi connectivity index (χ0v) is 11.8. The van der Waals surface area contributed by atoms with Gasteiger partial charge in [-0.15, -0.1) is 0 Å². The topological polar surface area (TPSA) is 90.1 Å². The minimum atomic E-state index is -1.85. The lowest BCUT2D eigenvalue weighted by molar-refractivity contribution is -0.121. The highest BCUT2D eigenvalue weighted by Crippen LogP contribution is 2.31. The van der Waals surface area contributed by atoms with Gasteiger partial charge in [0.25, 0.3) is 0 Å². The largest absolute Gasteiger partial charge is 0.449 e. The van der Waals surface area contributed by atoms with Gasteiger partial charge in [-0.05, 0) is 6.92 Å². The second-order valence-corrected chi connectivity index (χ2v) is 5.81. The molecule has 1 rings (SSSR count). The number of aryl methyl sites for hydroxylation is 1. The van der Waals surface area contributed by atoms with Crippen LogP contribution in [-0.2, 0) is 4.79 Å². The van der Waals surface area contributed by atoms with Crippen molar-refractivity contribution in [1.29, 1.82) is 0 Å². The molecule has 100 valence electrons. The summed E-state index contributed by atoms with van der Waals surface area (Å²) in [5.74, 6) is -0.286. The van der Waals surface area contributed by atoms with Crippen molar-refractivity contribution in [2.75, 3.05) is 5.73 Å². The molecule has 0 fully saturated rings. The van der Waals surface area contributed by atoms with Crippen LogP contribution in [0.5, 0.6) is 5.88 Å². The highest BCUT2D eigenvalue weighted by atomic mass is 35.6. The van der Waals surface area contributed by atoms with E-state index in [2.05, 4.69) is 15.3 Å². The summed E-state index contributed by atoms with van der Waals surface area (Å²) < 4.78 is 3.44. The Hall–Kier alpha value is -0.980. The zero-order chi connectivity index (χ0) is 13.9. The van der Waals surface area contributed by atoms with Crippen LogP contribution in [0, 0.1) is 6.92 Å². The van der Waals surface area contributed by atoms with Gasteiger partial charge in [0.05, 0.1) is 0 Å². The predicted octanol–water partition coefficient (Wildman–Crippen LogP) is 1.58. The number of carbonyl (C=O) groups excluding carboxylic acids is 1. The maximum Gasteiger partial charge on any atom is 0.246 e. The lowest BCUT2D eigenvalue weighted by atomic mass is 10.4. The van der Waals surface area contributed by atoms with Crippen LogP contribution in [0.2, 0.25) is 0 Å². The van der Waals surface area contributed by atoms with Crippen molar-refractivity contribution in [3.8, 4) is 5.88 Å². The smallest absolute Gasteiger partial charge is 0.246 e. The summed E-state index contributed by atoms with van der Waals surface area (Å²) in [5.41, 5.74) is 6.04. The molecule has 0 aromatic carbocycles. The summed E-state index contributed by atoms with van der Waals surface area (Å²) in [7, 11) is 0. The van der Waals surface area contributed by atoms with Gasteiger partial charge in [-0.2, -0.15) is 4.98 Å². The molecule has 1 amide bonds. The summed E-state index contributed by atoms with van der Waals surface area (Å²) in [6, 6.07) is 1.50. The fraction of sp³-hybridized carbons (Fsp3) is 0.444. The molecular formula is C9H11Cl3N4O2. The molecule has 0 unspecified atom stereocenters. The van der Waals surface area contributed by atoms with Crippen molar-refractivity contribution in [3.05, 3.63) is 11.8 Å². The maximum atomic E-state index is 11.0. The summed E-state index contributed by atoms with van der Waals surface area (Å²) in [5, 5.41) is 2.35. The molecule has 0 aliphatic rings. The SMILES string of the molecule is CC(=O)N[C@@H](Oc1cc(C)nc(N)n1)C(Cl)(Cl)Cl. The second-order valence-electron chi connectivity index (χ2n) is 3.45. The molecule has 1 aromatic rings. The number of amides is 1. The number of nitrogens with zero attached hydrogens (tertiary/aromatic N) is 2. The number of hydrogen-bond donors (Lipinski definition) is 2. The number of alkyl halides is 3. The van der Waals surface area contributed by atoms with E-state index in [0.29, 0.717) is 5.69 Å². The lowest BCUT2D eigenvalue weighted by Gasteiger charge is -2.25. The van der Waals surface area contributed by atoms with Crippen molar-refractivity contribution >= 4 is 46.7 Å². The first kappa shape index (κ1) is 15.1. The number of hydrogen-bond acceptors (Lipinski definition) is 5. The fourth-order valence-corrected chi connectivity index (χ4v) is 1.40. The Labute approximate surface area is 119 Å². The Kier molecular flexibility index (Phi) is 4.84. The van der Waals surface area contributed by atoms with Crippen LogP contribution in [0.4, 0.5) is 5.95 Å². The molecule has 0 aliphatic carbocycles. The molecule has 0 radical (unpaired) electrons. The summed E-state index contributed by atoms with van der Waals surface area (Å²) in [6.45, 7) is 2.97. The van der Waals surface area contributed by atoms with E-state index in [1.54, 1.807) is 6.92 Å². The molecule has 1 heterocycles. The summed E-state index contributed by atoms with van der Waals surface area (Å²) >= 11 is 17.1. The van der Waals surface area contributed by atoms with Gasteiger partial charge in [-0.3, -0.25) is 4.79 Å². The van der Waals surface area contributed by atoms with Crippen LogP contribution < -0.4 is 15.8 Å². The molecule has 0 saturated heterocycles. The second kappa shape index (κ2) is 5.77. The number of anilines is 1. The van der Waals surface area contributed by atoms with Crippen molar-refractivity contribution in [1.82, 2.24) is 15.3 Å². The first-order valence-electron chi connectivity index (χ1n) is 4.80. The molecule has 0 bridgehead atoms. The Morgan fingerprint density at radius 3 is 2.56 bits per heavy atom. The number of nitrogen functional groups attached to an aromatic ring is 1. The highest BCUT2D eigenvalue weighted by molar-refractivity contribution is 6.68. The van der Waals surface area contributed by atoms with Crippen LogP contribution in [0.25, 0.3) is 0 Å². The normalized spacial score (nSPS) is 12.9. The average molecular weight is 314 g/mol. The van der Waals surface area contributed by atoms with E-state index in [-0.39, 0.29) is 11.8 Å². The average Bonchev–Trinajstić information content (AvgIpc) is 2.12. The molecular weight excluding hydrogens is 302 g/mol. The van der Waals surface area contributed by atoms with Gasteiger partial charge in [0.2, 0.25) is 27.8 Å². The number of nitrogens with one attached hydrogen (secondary N) is 1. The third-order valence-electron chi connectivity index (χ3n) is 1.72. The van der Waals surface area contributed by atoms with Crippen LogP contribution in [0.15, 0.2) is 6.07 Å². The van der Waals surface area contributed by atoms with E-state index in [4.69, 9.17) is 45.3 Å². The standard InChI is InChI=1S/C9H11Cl3N4O2/c1-4-3-6(16-8(13)14-4)18-7(9(10,11)12)15-5(2)17/h3,7H,1-2H3,(H,15,17)(H2,13,14,16)/t7-/m0/s1. The van der Waals surface area contributed by atoms with E-state index >= 15 is 0 Å². The molecule has 3 N–H and O–H groups in total. The van der Waals surface area contributed by atoms with Crippen molar-refractivity contribution in [2.45, 2.75) is 23.9 Å². The minimum Gasteiger partial charge on any atom is -0.449 e. The van der Waals surface area contributed by atoms with E-state index < -0.39 is 15.9 Å². The Morgan fingerprint density at radius 2 is 2.11 bits per heavy atom. The Morgan fingerprint density at radius 1 is 1.50 bits per heavy atom. The van der Waals surface area contributed by atoms with Gasteiger partial charge in [0.15, 0.2) is 0 Å². The third-order valence-corrected chi connectivity index (χ3v) is 2.31. The Bertz CT molecular complexity index is 430. The van der Waals surface area contributed by atoms with Gasteiger partial charge in [0, 0.05) is 18.7 Å². The van der Waals surface area contributed by atoms with Crippen LogP contribution in [0.1, 0.15) is 12.6 Å². The van der Waals surface area contributed by atoms with Crippen molar-refractivity contribution < 1.29 is 9.53 Å². The van der Waals surface area contributed by atoms with Gasteiger partial charge >= 0.3 is 0 Å². The number of ether oxygens (including phenoxy) is 1. The molecule has 18 heavy (non-hydrogen) atoms. The molecule has 0 aliphatic heterocycles. The molecule has 0 saturated carbocycles. The quantitative estimate of drug-likeness (QED) is 0.653. The summed E-state index contributed by atoms with van der Waals surface area (Å²) in [4.78, 5) is 18.7. The molecule has 1 aromatic heterocycles. The van der Waals surface area contributed by atoms with E-state index in [1.807, 2.05) is 0 Å². The van der Waals surface area contributed by atoms with Crippen molar-refractivity contribution in [3.63, 3.8) is 0 Å². The molecule has 0 spiro atoms. The lowest BCUT2D eigenvalue weighted by Crippen LogP contribution is -2.47. The van der Waals surface area contributed by atoms with E-state index in [1.165, 1.54) is 13.0 Å². The number of nitrogens with two attached hydrogens (primary N) is 1. The first-order valence-corrected chi connectivity index (χ1v) is 5.93. The predicted molar refractivity (Wildman–Crippen MR) is 69.7 cm³/mol. The molecule has 1 atom stereocenters. The monoisotopic (exact) mass is 312 g/mol. The number of rotatable bonds is 3. The van der Waals surface area contributed by atoms with Crippen molar-refractivity contribution in [2.24, 2.45) is 0 Å². The highest BCUT2D eigenvalue weighted by Gasteiger charge is 2.36. The third kappa shape index (κ3) is 4.72. The fourth-order valence-electron chi connectivity index (χ4n) is 1.11. The Balaban J connectivity index is 2.92. The number of aromatic nitrogens is 2. The summed E-state index contributed by atoms with van der Waals surface area (Å²) in [6.07, 6.45) is -1.19. The number of carbonyl (C=O) groups is 1. The van der Waals surface area contributed by atoms with Gasteiger partial charge in [0.1, 0.15) is 0 Å². The van der Waals surface area contributed by atoms with Gasteiger partial charge in [-0.25, -0.2) is 4.98 Å². The van der Waals surface area contributed by atoms with E-state index in [0.717, 1.165) is 0 Å². The van der Waals surface area contributed by atoms with E-state index in [9.17, 15) is 4.79 Å². The van der Waals surface area contributed by atoms with Gasteiger partial charge < -0.3 is 15.8 Å². The maximum absolute atomic E-state index is 11.0. The van der Waals surface area contributed by atoms with Crippen LogP contribution >= 0.6 is 34.8 Å². The van der Waals surface area contributed by atoms with Crippen LogP contribution in [-0.4, -0.2) is 25.9 Å². The number of halogens is 3. The molecule has 9 heteroatoms. The van der Waals surface area contributed by atoms with Crippen LogP contribution in [0.3, 0.4) is 0 Å². The molecule has 6 nitrogen and oxygen atoms in total. The zero-order valence-electron chi connectivity index (χ0n) is 9.58. The van der Waals surface area contributed by atoms with Gasteiger partial charge in [-0.1, -0.05) is 34.8 Å².